The number of alkyl halides is 2. The van der Waals surface area contributed by atoms with Gasteiger partial charge in [0, 0.05) is 12.5 Å². The molecule has 0 aliphatic carbocycles. The molecule has 6 nitrogen and oxygen atoms in total. The van der Waals surface area contributed by atoms with E-state index in [9.17, 15) is 23.6 Å². The van der Waals surface area contributed by atoms with Gasteiger partial charge in [-0.1, -0.05) is 32.9 Å². The summed E-state index contributed by atoms with van der Waals surface area (Å²) in [4.78, 5) is 25.7. The van der Waals surface area contributed by atoms with E-state index in [0.717, 1.165) is 11.3 Å². The zero-order valence-corrected chi connectivity index (χ0v) is 17.9. The van der Waals surface area contributed by atoms with E-state index >= 15 is 0 Å². The molecule has 0 saturated heterocycles. The number of rotatable bonds is 7. The topological polar surface area (TPSA) is 81.3 Å². The van der Waals surface area contributed by atoms with E-state index in [-0.39, 0.29) is 40.5 Å². The molecule has 30 heavy (non-hydrogen) atoms. The summed E-state index contributed by atoms with van der Waals surface area (Å²) in [6.45, 7) is 2.59. The fourth-order valence-corrected chi connectivity index (χ4v) is 3.68. The molecule has 0 unspecified atom stereocenters. The quantitative estimate of drug-likeness (QED) is 0.665. The number of aromatic nitrogens is 1. The maximum atomic E-state index is 12.9. The molecular weight excluding hydrogens is 414 g/mol. The van der Waals surface area contributed by atoms with Crippen LogP contribution >= 0.6 is 11.3 Å². The number of methoxy groups -OCH3 is 1. The summed E-state index contributed by atoms with van der Waals surface area (Å²) >= 11 is 1.03. The fourth-order valence-electron chi connectivity index (χ4n) is 2.56. The number of ketones is 1. The van der Waals surface area contributed by atoms with Crippen LogP contribution in [0.1, 0.15) is 26.3 Å². The van der Waals surface area contributed by atoms with Gasteiger partial charge in [0.05, 0.1) is 17.7 Å². The molecule has 0 saturated carbocycles. The third-order valence-corrected chi connectivity index (χ3v) is 5.19. The molecule has 0 fully saturated rings. The molecule has 2 rings (SSSR count). The number of benzene rings is 1. The molecule has 0 aliphatic rings. The highest BCUT2D eigenvalue weighted by Crippen LogP contribution is 2.19. The van der Waals surface area contributed by atoms with Crippen LogP contribution in [0, 0.1) is 16.7 Å². The van der Waals surface area contributed by atoms with E-state index in [0.29, 0.717) is 10.1 Å². The molecule has 0 bridgehead atoms. The van der Waals surface area contributed by atoms with Gasteiger partial charge in [-0.15, -0.1) is 11.3 Å². The van der Waals surface area contributed by atoms with E-state index in [1.165, 1.54) is 35.9 Å². The number of thiazole rings is 1. The predicted octanol–water partition coefficient (Wildman–Crippen LogP) is 2.28. The molecule has 0 radical (unpaired) electrons. The third kappa shape index (κ3) is 5.62. The maximum absolute atomic E-state index is 12.9. The predicted molar refractivity (Wildman–Crippen MR) is 110 cm³/mol. The number of nitriles is 1. The molecule has 9 heteroatoms. The van der Waals surface area contributed by atoms with Gasteiger partial charge in [-0.2, -0.15) is 14.0 Å². The first-order valence-corrected chi connectivity index (χ1v) is 9.84. The average Bonchev–Trinajstić information content (AvgIpc) is 2.96. The van der Waals surface area contributed by atoms with Crippen molar-refractivity contribution in [1.29, 1.82) is 5.26 Å². The first-order chi connectivity index (χ1) is 14.1. The van der Waals surface area contributed by atoms with Crippen molar-refractivity contribution in [3.8, 4) is 11.8 Å². The summed E-state index contributed by atoms with van der Waals surface area (Å²) < 4.78 is 35.9. The summed E-state index contributed by atoms with van der Waals surface area (Å²) in [5, 5.41) is 9.62. The van der Waals surface area contributed by atoms with Crippen LogP contribution in [-0.4, -0.2) is 30.7 Å². The van der Waals surface area contributed by atoms with Crippen molar-refractivity contribution in [1.82, 2.24) is 4.57 Å². The van der Waals surface area contributed by atoms with Crippen molar-refractivity contribution in [2.24, 2.45) is 5.41 Å². The molecule has 0 amide bonds. The number of carbonyl (C=O) groups excluding carboxylic acids is 1. The summed E-state index contributed by atoms with van der Waals surface area (Å²) in [5.74, 6) is -0.361. The van der Waals surface area contributed by atoms with Crippen LogP contribution in [0.5, 0.6) is 5.75 Å². The van der Waals surface area contributed by atoms with Gasteiger partial charge in [-0.25, -0.2) is 0 Å². The molecule has 1 heterocycles. The van der Waals surface area contributed by atoms with Crippen molar-refractivity contribution in [2.75, 3.05) is 13.7 Å². The minimum Gasteiger partial charge on any atom is -0.435 e. The van der Waals surface area contributed by atoms with Gasteiger partial charge < -0.3 is 9.47 Å². The van der Waals surface area contributed by atoms with E-state index in [1.54, 1.807) is 26.8 Å². The molecular formula is C21H22F2N2O4S. The summed E-state index contributed by atoms with van der Waals surface area (Å²) in [6.07, 6.45) is 1.57. The van der Waals surface area contributed by atoms with Crippen LogP contribution in [0.4, 0.5) is 8.78 Å². The Morgan fingerprint density at radius 1 is 1.30 bits per heavy atom. The number of carbonyl (C=O) groups is 1. The molecule has 1 aromatic carbocycles. The molecule has 0 spiro atoms. The third-order valence-electron chi connectivity index (χ3n) is 4.06. The maximum Gasteiger partial charge on any atom is 0.387 e. The number of nitrogens with zero attached hydrogens (tertiary/aromatic N) is 2. The second-order valence-electron chi connectivity index (χ2n) is 7.38. The number of halogens is 2. The lowest BCUT2D eigenvalue weighted by atomic mass is 9.87. The van der Waals surface area contributed by atoms with Crippen LogP contribution in [0.15, 0.2) is 29.1 Å². The monoisotopic (exact) mass is 436 g/mol. The smallest absolute Gasteiger partial charge is 0.387 e. The Morgan fingerprint density at radius 2 is 1.93 bits per heavy atom. The minimum absolute atomic E-state index is 0.00222. The highest BCUT2D eigenvalue weighted by atomic mass is 32.1. The number of Topliss-reactive ketones (excluding diaryl/α,β-unsaturated/α-hetero) is 1. The van der Waals surface area contributed by atoms with Gasteiger partial charge in [-0.05, 0) is 23.8 Å². The van der Waals surface area contributed by atoms with Gasteiger partial charge in [0.15, 0.2) is 5.78 Å². The van der Waals surface area contributed by atoms with Crippen molar-refractivity contribution in [3.05, 3.63) is 49.4 Å². The number of hydrogen-bond donors (Lipinski definition) is 0. The average molecular weight is 436 g/mol. The number of hydrogen-bond acceptors (Lipinski definition) is 6. The normalized spacial score (nSPS) is 13.3. The van der Waals surface area contributed by atoms with E-state index in [4.69, 9.17) is 4.74 Å². The van der Waals surface area contributed by atoms with Crippen LogP contribution in [0.25, 0.3) is 11.6 Å². The summed E-state index contributed by atoms with van der Waals surface area (Å²) in [6, 6.07) is 7.75. The Bertz CT molecular complexity index is 1120. The fraction of sp³-hybridized carbons (Fsp3) is 0.381. The molecule has 1 aromatic heterocycles. The van der Waals surface area contributed by atoms with Crippen LogP contribution in [-0.2, 0) is 16.1 Å². The Labute approximate surface area is 176 Å². The summed E-state index contributed by atoms with van der Waals surface area (Å²) in [7, 11) is 1.49. The van der Waals surface area contributed by atoms with Gasteiger partial charge in [0.25, 0.3) is 5.56 Å². The molecule has 2 aromatic rings. The van der Waals surface area contributed by atoms with Gasteiger partial charge >= 0.3 is 6.61 Å². The largest absolute Gasteiger partial charge is 0.435 e. The highest BCUT2D eigenvalue weighted by Gasteiger charge is 2.27. The first-order valence-electron chi connectivity index (χ1n) is 9.03. The second kappa shape index (κ2) is 9.78. The van der Waals surface area contributed by atoms with Gasteiger partial charge in [0.2, 0.25) is 0 Å². The number of ether oxygens (including phenoxy) is 2. The van der Waals surface area contributed by atoms with E-state index in [1.807, 2.05) is 6.07 Å². The van der Waals surface area contributed by atoms with E-state index in [2.05, 4.69) is 4.74 Å². The Hall–Kier alpha value is -2.83. The first kappa shape index (κ1) is 23.4. The Morgan fingerprint density at radius 3 is 2.43 bits per heavy atom. The highest BCUT2D eigenvalue weighted by molar-refractivity contribution is 7.07. The van der Waals surface area contributed by atoms with Crippen molar-refractivity contribution < 1.29 is 23.0 Å². The van der Waals surface area contributed by atoms with Crippen LogP contribution < -0.4 is 19.5 Å². The van der Waals surface area contributed by atoms with Gasteiger partial charge in [-0.3, -0.25) is 14.2 Å². The molecule has 160 valence electrons. The molecule has 0 N–H and O–H groups in total. The van der Waals surface area contributed by atoms with Crippen molar-refractivity contribution >= 4 is 28.8 Å². The van der Waals surface area contributed by atoms with Crippen LogP contribution in [0.3, 0.4) is 0 Å². The molecule has 0 atom stereocenters. The lowest BCUT2D eigenvalue weighted by molar-refractivity contribution is -0.120. The van der Waals surface area contributed by atoms with Gasteiger partial charge in [0.1, 0.15) is 22.1 Å². The second-order valence-corrected chi connectivity index (χ2v) is 8.41. The lowest BCUT2D eigenvalue weighted by Gasteiger charge is -2.15. The molecule has 0 aliphatic heterocycles. The SMILES string of the molecule is COCCn1c(=C(C#N)C(=O)C(C)(C)C)sc(=Cc2ccc(OC(F)F)cc2)c1=O. The zero-order valence-electron chi connectivity index (χ0n) is 17.1. The van der Waals surface area contributed by atoms with Crippen molar-refractivity contribution in [3.63, 3.8) is 0 Å². The zero-order chi connectivity index (χ0) is 22.5. The van der Waals surface area contributed by atoms with Crippen LogP contribution in [0.2, 0.25) is 0 Å². The Balaban J connectivity index is 2.67. The Kier molecular flexibility index (Phi) is 7.65. The standard InChI is InChI=1S/C21H22F2N2O4S/c1-21(2,3)17(26)15(12-24)19-25(9-10-28-4)18(27)16(30-19)11-13-5-7-14(8-6-13)29-20(22)23/h5-8,11,20H,9-10H2,1-4H3. The summed E-state index contributed by atoms with van der Waals surface area (Å²) in [5.41, 5.74) is -0.654. The van der Waals surface area contributed by atoms with Crippen molar-refractivity contribution in [2.45, 2.75) is 33.9 Å². The minimum atomic E-state index is -2.92. The van der Waals surface area contributed by atoms with E-state index < -0.39 is 12.0 Å². The lowest BCUT2D eigenvalue weighted by Crippen LogP contribution is -2.35.